The minimum Gasteiger partial charge on any atom is -0.481 e. The molecule has 1 aromatic carbocycles. The zero-order valence-corrected chi connectivity index (χ0v) is 10.5. The molecule has 1 saturated heterocycles. The maximum Gasteiger partial charge on any atom is 0.309 e. The summed E-state index contributed by atoms with van der Waals surface area (Å²) in [6, 6.07) is 7.86. The molecule has 2 atom stereocenters. The van der Waals surface area contributed by atoms with Crippen LogP contribution in [-0.2, 0) is 9.53 Å². The zero-order chi connectivity index (χ0) is 13.2. The van der Waals surface area contributed by atoms with Gasteiger partial charge in [-0.1, -0.05) is 24.3 Å². The van der Waals surface area contributed by atoms with Crippen molar-refractivity contribution < 1.29 is 14.6 Å². The Kier molecular flexibility index (Phi) is 3.17. The Hall–Kier alpha value is -1.94. The van der Waals surface area contributed by atoms with Gasteiger partial charge >= 0.3 is 5.97 Å². The number of rotatable bonds is 2. The summed E-state index contributed by atoms with van der Waals surface area (Å²) < 4.78 is 5.73. The number of nitrogens with zero attached hydrogens (tertiary/aromatic N) is 1. The van der Waals surface area contributed by atoms with E-state index in [0.29, 0.717) is 13.0 Å². The highest BCUT2D eigenvalue weighted by Crippen LogP contribution is 2.36. The molecule has 1 aromatic heterocycles. The lowest BCUT2D eigenvalue weighted by molar-refractivity contribution is -0.151. The fourth-order valence-corrected chi connectivity index (χ4v) is 2.71. The second-order valence-electron chi connectivity index (χ2n) is 4.83. The minimum atomic E-state index is -0.794. The third-order valence-electron chi connectivity index (χ3n) is 3.65. The lowest BCUT2D eigenvalue weighted by atomic mass is 9.88. The Morgan fingerprint density at radius 3 is 3.00 bits per heavy atom. The van der Waals surface area contributed by atoms with Crippen LogP contribution in [0.4, 0.5) is 0 Å². The molecule has 0 radical (unpaired) electrons. The van der Waals surface area contributed by atoms with Gasteiger partial charge in [0.15, 0.2) is 0 Å². The number of carboxylic acid groups (broad SMARTS) is 1. The van der Waals surface area contributed by atoms with E-state index in [0.717, 1.165) is 22.8 Å². The van der Waals surface area contributed by atoms with E-state index in [1.807, 2.05) is 24.3 Å². The minimum absolute atomic E-state index is 0.398. The normalized spacial score (nSPS) is 23.4. The van der Waals surface area contributed by atoms with E-state index in [2.05, 4.69) is 4.98 Å². The molecule has 0 aliphatic carbocycles. The maximum absolute atomic E-state index is 11.4. The first-order chi connectivity index (χ1) is 9.27. The van der Waals surface area contributed by atoms with Crippen LogP contribution in [0.2, 0.25) is 0 Å². The fourth-order valence-electron chi connectivity index (χ4n) is 2.71. The Morgan fingerprint density at radius 2 is 2.16 bits per heavy atom. The Bertz CT molecular complexity index is 606. The summed E-state index contributed by atoms with van der Waals surface area (Å²) in [6.45, 7) is 0.609. The van der Waals surface area contributed by atoms with Crippen LogP contribution >= 0.6 is 0 Å². The molecule has 0 saturated carbocycles. The molecule has 2 aromatic rings. The van der Waals surface area contributed by atoms with Crippen molar-refractivity contribution in [3.05, 3.63) is 42.2 Å². The van der Waals surface area contributed by atoms with Crippen LogP contribution in [0.3, 0.4) is 0 Å². The fraction of sp³-hybridized carbons (Fsp3) is 0.333. The van der Waals surface area contributed by atoms with Crippen LogP contribution in [0, 0.1) is 5.92 Å². The molecular weight excluding hydrogens is 242 g/mol. The first-order valence-electron chi connectivity index (χ1n) is 6.44. The summed E-state index contributed by atoms with van der Waals surface area (Å²) in [5, 5.41) is 11.4. The quantitative estimate of drug-likeness (QED) is 0.898. The molecule has 1 aliphatic heterocycles. The van der Waals surface area contributed by atoms with Gasteiger partial charge in [0, 0.05) is 30.0 Å². The third-order valence-corrected chi connectivity index (χ3v) is 3.65. The number of aromatic nitrogens is 1. The molecule has 3 rings (SSSR count). The Labute approximate surface area is 111 Å². The third kappa shape index (κ3) is 2.19. The highest BCUT2D eigenvalue weighted by atomic mass is 16.5. The van der Waals surface area contributed by atoms with Crippen molar-refractivity contribution in [1.29, 1.82) is 0 Å². The van der Waals surface area contributed by atoms with E-state index < -0.39 is 18.0 Å². The molecule has 1 aliphatic rings. The summed E-state index contributed by atoms with van der Waals surface area (Å²) in [4.78, 5) is 15.6. The lowest BCUT2D eigenvalue weighted by Crippen LogP contribution is -2.29. The van der Waals surface area contributed by atoms with Gasteiger partial charge in [-0.3, -0.25) is 9.78 Å². The van der Waals surface area contributed by atoms with E-state index in [4.69, 9.17) is 4.74 Å². The molecule has 1 fully saturated rings. The van der Waals surface area contributed by atoms with Crippen molar-refractivity contribution in [3.63, 3.8) is 0 Å². The average Bonchev–Trinajstić information content (AvgIpc) is 2.46. The number of hydrogen-bond donors (Lipinski definition) is 1. The molecule has 98 valence electrons. The van der Waals surface area contributed by atoms with Crippen LogP contribution in [0.25, 0.3) is 10.8 Å². The second kappa shape index (κ2) is 4.97. The van der Waals surface area contributed by atoms with E-state index in [-0.39, 0.29) is 0 Å². The summed E-state index contributed by atoms with van der Waals surface area (Å²) in [5.74, 6) is -1.28. The van der Waals surface area contributed by atoms with Crippen molar-refractivity contribution in [2.75, 3.05) is 6.61 Å². The number of fused-ring (bicyclic) bond motifs is 1. The number of ether oxygens (including phenoxy) is 1. The van der Waals surface area contributed by atoms with Crippen LogP contribution in [0.15, 0.2) is 36.7 Å². The number of hydrogen-bond acceptors (Lipinski definition) is 3. The molecule has 0 bridgehead atoms. The highest BCUT2D eigenvalue weighted by Gasteiger charge is 2.34. The van der Waals surface area contributed by atoms with Gasteiger partial charge in [-0.25, -0.2) is 0 Å². The van der Waals surface area contributed by atoms with Crippen molar-refractivity contribution >= 4 is 16.7 Å². The van der Waals surface area contributed by atoms with Crippen molar-refractivity contribution in [2.45, 2.75) is 18.9 Å². The monoisotopic (exact) mass is 257 g/mol. The van der Waals surface area contributed by atoms with Gasteiger partial charge in [0.1, 0.15) is 0 Å². The van der Waals surface area contributed by atoms with E-state index >= 15 is 0 Å². The first kappa shape index (κ1) is 12.1. The molecule has 0 amide bonds. The highest BCUT2D eigenvalue weighted by molar-refractivity contribution is 5.85. The number of aliphatic carboxylic acids is 1. The number of pyridine rings is 1. The maximum atomic E-state index is 11.4. The number of carboxylic acids is 1. The standard InChI is InChI=1S/C15H15NO3/c17-15(18)12-6-3-7-19-14(12)13-9-16-8-10-4-1-2-5-11(10)13/h1-2,4-5,8-9,12,14H,3,6-7H2,(H,17,18). The van der Waals surface area contributed by atoms with Gasteiger partial charge in [0.2, 0.25) is 0 Å². The van der Waals surface area contributed by atoms with Gasteiger partial charge in [-0.05, 0) is 18.2 Å². The topological polar surface area (TPSA) is 59.4 Å². The summed E-state index contributed by atoms with van der Waals surface area (Å²) in [5.41, 5.74) is 0.880. The van der Waals surface area contributed by atoms with Gasteiger partial charge in [-0.2, -0.15) is 0 Å². The van der Waals surface area contributed by atoms with Crippen LogP contribution in [-0.4, -0.2) is 22.7 Å². The van der Waals surface area contributed by atoms with Crippen LogP contribution in [0.5, 0.6) is 0 Å². The molecular formula is C15H15NO3. The van der Waals surface area contributed by atoms with E-state index in [1.54, 1.807) is 12.4 Å². The number of benzene rings is 1. The molecule has 4 heteroatoms. The first-order valence-corrected chi connectivity index (χ1v) is 6.44. The predicted molar refractivity (Wildman–Crippen MR) is 70.8 cm³/mol. The summed E-state index contributed by atoms with van der Waals surface area (Å²) in [6.07, 6.45) is 4.57. The Morgan fingerprint density at radius 1 is 1.32 bits per heavy atom. The van der Waals surface area contributed by atoms with Gasteiger partial charge in [0.05, 0.1) is 12.0 Å². The largest absolute Gasteiger partial charge is 0.481 e. The number of carbonyl (C=O) groups is 1. The van der Waals surface area contributed by atoms with Crippen molar-refractivity contribution in [1.82, 2.24) is 4.98 Å². The smallest absolute Gasteiger partial charge is 0.309 e. The van der Waals surface area contributed by atoms with Gasteiger partial charge < -0.3 is 9.84 Å². The van der Waals surface area contributed by atoms with Crippen molar-refractivity contribution in [3.8, 4) is 0 Å². The van der Waals surface area contributed by atoms with Crippen LogP contribution in [0.1, 0.15) is 24.5 Å². The molecule has 2 heterocycles. The summed E-state index contributed by atoms with van der Waals surface area (Å²) in [7, 11) is 0. The Balaban J connectivity index is 2.09. The van der Waals surface area contributed by atoms with E-state index in [1.165, 1.54) is 0 Å². The molecule has 2 unspecified atom stereocenters. The van der Waals surface area contributed by atoms with Gasteiger partial charge in [-0.15, -0.1) is 0 Å². The lowest BCUT2D eigenvalue weighted by Gasteiger charge is -2.29. The zero-order valence-electron chi connectivity index (χ0n) is 10.5. The molecule has 4 nitrogen and oxygen atoms in total. The average molecular weight is 257 g/mol. The molecule has 1 N–H and O–H groups in total. The van der Waals surface area contributed by atoms with Crippen molar-refractivity contribution in [2.24, 2.45) is 5.92 Å². The van der Waals surface area contributed by atoms with Gasteiger partial charge in [0.25, 0.3) is 0 Å². The second-order valence-corrected chi connectivity index (χ2v) is 4.83. The summed E-state index contributed by atoms with van der Waals surface area (Å²) >= 11 is 0. The van der Waals surface area contributed by atoms with Crippen LogP contribution < -0.4 is 0 Å². The van der Waals surface area contributed by atoms with E-state index in [9.17, 15) is 9.90 Å². The molecule has 0 spiro atoms. The predicted octanol–water partition coefficient (Wildman–Crippen LogP) is 2.79. The SMILES string of the molecule is O=C(O)C1CCCOC1c1cncc2ccccc12. The molecule has 19 heavy (non-hydrogen) atoms.